The Bertz CT molecular complexity index is 869. The molecule has 0 aromatic heterocycles. The van der Waals surface area contributed by atoms with Gasteiger partial charge in [-0.25, -0.2) is 0 Å². The normalized spacial score (nSPS) is 62.5. The van der Waals surface area contributed by atoms with Crippen LogP contribution < -0.4 is 0 Å². The summed E-state index contributed by atoms with van der Waals surface area (Å²) in [5, 5.41) is 11.3. The van der Waals surface area contributed by atoms with Crippen molar-refractivity contribution in [1.82, 2.24) is 0 Å². The zero-order valence-corrected chi connectivity index (χ0v) is 22.1. The van der Waals surface area contributed by atoms with Gasteiger partial charge in [-0.3, -0.25) is 4.79 Å². The van der Waals surface area contributed by atoms with E-state index >= 15 is 0 Å². The third-order valence-electron chi connectivity index (χ3n) is 14.3. The monoisotopic (exact) mass is 456 g/mol. The van der Waals surface area contributed by atoms with Gasteiger partial charge >= 0.3 is 0 Å². The highest BCUT2D eigenvalue weighted by atomic mass is 16.6. The second kappa shape index (κ2) is 6.67. The molecular weight excluding hydrogens is 408 g/mol. The van der Waals surface area contributed by atoms with E-state index in [4.69, 9.17) is 4.74 Å². The van der Waals surface area contributed by atoms with Crippen LogP contribution in [0.15, 0.2) is 0 Å². The first-order chi connectivity index (χ1) is 15.3. The number of ether oxygens (including phenoxy) is 1. The maximum absolute atomic E-state index is 12.7. The molecule has 33 heavy (non-hydrogen) atoms. The summed E-state index contributed by atoms with van der Waals surface area (Å²) >= 11 is 0. The topological polar surface area (TPSA) is 46.5 Å². The maximum atomic E-state index is 12.7. The molecule has 3 heteroatoms. The summed E-state index contributed by atoms with van der Waals surface area (Å²) in [4.78, 5) is 12.7. The minimum Gasteiger partial charge on any atom is -0.367 e. The molecule has 0 radical (unpaired) electrons. The number of aliphatic hydroxyl groups is 1. The fourth-order valence-corrected chi connectivity index (χ4v) is 11.8. The van der Waals surface area contributed by atoms with Gasteiger partial charge in [-0.2, -0.15) is 0 Å². The molecule has 186 valence electrons. The summed E-state index contributed by atoms with van der Waals surface area (Å²) in [6, 6.07) is 0. The summed E-state index contributed by atoms with van der Waals surface area (Å²) in [6.07, 6.45) is 12.3. The average molecular weight is 457 g/mol. The molecule has 2 saturated heterocycles. The van der Waals surface area contributed by atoms with E-state index in [0.29, 0.717) is 28.4 Å². The molecule has 2 aliphatic heterocycles. The third-order valence-corrected chi connectivity index (χ3v) is 14.3. The molecule has 1 N–H and O–H groups in total. The largest absolute Gasteiger partial charge is 0.367 e. The fraction of sp³-hybridized carbons (Fsp3) is 0.967. The standard InChI is InChI=1S/C30H48O3/c1-19-20(31)7-8-21-26(19,3)10-9-22-27(21,4)12-13-29(6)23-17-25(2)11-15-30(23,24(32)33-18-25)16-14-28(22,29)5/h19,21-24,32H,7-18H2,1-6H3/t19-,21+,22-,23-,24-,25-,26+,27-,28+,29-,30-/m0/s1. The van der Waals surface area contributed by atoms with E-state index in [-0.39, 0.29) is 27.6 Å². The lowest BCUT2D eigenvalue weighted by Gasteiger charge is -2.74. The van der Waals surface area contributed by atoms with Gasteiger partial charge in [0.1, 0.15) is 5.78 Å². The van der Waals surface area contributed by atoms with Crippen LogP contribution in [0.2, 0.25) is 0 Å². The van der Waals surface area contributed by atoms with Crippen molar-refractivity contribution >= 4 is 5.78 Å². The Labute approximate surface area is 201 Å². The van der Waals surface area contributed by atoms with Crippen molar-refractivity contribution in [1.29, 1.82) is 0 Å². The number of aliphatic hydroxyl groups excluding tert-OH is 1. The van der Waals surface area contributed by atoms with Gasteiger partial charge in [-0.1, -0.05) is 41.5 Å². The van der Waals surface area contributed by atoms with Crippen molar-refractivity contribution < 1.29 is 14.6 Å². The number of carbonyl (C=O) groups is 1. The van der Waals surface area contributed by atoms with Crippen molar-refractivity contribution in [3.8, 4) is 0 Å². The lowest BCUT2D eigenvalue weighted by atomic mass is 9.30. The van der Waals surface area contributed by atoms with Gasteiger partial charge in [-0.15, -0.1) is 0 Å². The molecule has 7 rings (SSSR count). The molecule has 0 unspecified atom stereocenters. The summed E-state index contributed by atoms with van der Waals surface area (Å²) in [5.41, 5.74) is 1.27. The Morgan fingerprint density at radius 2 is 1.45 bits per heavy atom. The molecule has 5 aliphatic carbocycles. The molecular formula is C30H48O3. The van der Waals surface area contributed by atoms with Gasteiger partial charge in [0, 0.05) is 17.8 Å². The van der Waals surface area contributed by atoms with E-state index in [1.807, 2.05) is 0 Å². The number of ketones is 1. The molecule has 0 amide bonds. The zero-order chi connectivity index (χ0) is 23.7. The van der Waals surface area contributed by atoms with Gasteiger partial charge < -0.3 is 9.84 Å². The summed E-state index contributed by atoms with van der Waals surface area (Å²) in [5.74, 6) is 2.69. The van der Waals surface area contributed by atoms with Crippen LogP contribution in [0, 0.1) is 56.2 Å². The fourth-order valence-electron chi connectivity index (χ4n) is 11.8. The molecule has 5 saturated carbocycles. The average Bonchev–Trinajstić information content (AvgIpc) is 2.96. The van der Waals surface area contributed by atoms with Gasteiger partial charge in [0.15, 0.2) is 6.29 Å². The lowest BCUT2D eigenvalue weighted by molar-refractivity contribution is -0.283. The minimum atomic E-state index is -0.582. The van der Waals surface area contributed by atoms with Gasteiger partial charge in [0.05, 0.1) is 6.61 Å². The Kier molecular flexibility index (Phi) is 4.65. The smallest absolute Gasteiger partial charge is 0.160 e. The Balaban J connectivity index is 1.41. The van der Waals surface area contributed by atoms with Crippen molar-refractivity contribution in [2.75, 3.05) is 6.61 Å². The third kappa shape index (κ3) is 2.58. The second-order valence-corrected chi connectivity index (χ2v) is 15.2. The molecule has 0 aromatic carbocycles. The molecule has 7 fully saturated rings. The predicted molar refractivity (Wildman–Crippen MR) is 130 cm³/mol. The lowest BCUT2D eigenvalue weighted by Crippen LogP contribution is -2.68. The first-order valence-electron chi connectivity index (χ1n) is 14.2. The van der Waals surface area contributed by atoms with Gasteiger partial charge in [0.25, 0.3) is 0 Å². The van der Waals surface area contributed by atoms with Crippen LogP contribution in [-0.2, 0) is 9.53 Å². The highest BCUT2D eigenvalue weighted by molar-refractivity contribution is 5.82. The summed E-state index contributed by atoms with van der Waals surface area (Å²) < 4.78 is 6.17. The van der Waals surface area contributed by atoms with Crippen molar-refractivity contribution in [2.45, 2.75) is 118 Å². The van der Waals surface area contributed by atoms with Crippen LogP contribution in [0.5, 0.6) is 0 Å². The molecule has 11 atom stereocenters. The van der Waals surface area contributed by atoms with Crippen molar-refractivity contribution in [3.63, 3.8) is 0 Å². The first-order valence-corrected chi connectivity index (χ1v) is 14.2. The number of fused-ring (bicyclic) bond motifs is 8. The number of hydrogen-bond donors (Lipinski definition) is 1. The number of rotatable bonds is 0. The molecule has 1 spiro atoms. The molecule has 0 aromatic rings. The van der Waals surface area contributed by atoms with Crippen LogP contribution in [0.3, 0.4) is 0 Å². The summed E-state index contributed by atoms with van der Waals surface area (Å²) in [7, 11) is 0. The number of hydrogen-bond acceptors (Lipinski definition) is 3. The predicted octanol–water partition coefficient (Wildman–Crippen LogP) is 6.77. The van der Waals surface area contributed by atoms with E-state index in [9.17, 15) is 9.90 Å². The molecule has 3 nitrogen and oxygen atoms in total. The van der Waals surface area contributed by atoms with Gasteiger partial charge in [0.2, 0.25) is 0 Å². The highest BCUT2D eigenvalue weighted by Crippen LogP contribution is 2.79. The van der Waals surface area contributed by atoms with Crippen LogP contribution in [0.25, 0.3) is 0 Å². The van der Waals surface area contributed by atoms with E-state index in [2.05, 4.69) is 41.5 Å². The van der Waals surface area contributed by atoms with Crippen LogP contribution in [-0.4, -0.2) is 23.8 Å². The Morgan fingerprint density at radius 1 is 0.788 bits per heavy atom. The second-order valence-electron chi connectivity index (χ2n) is 15.2. The van der Waals surface area contributed by atoms with Crippen molar-refractivity contribution in [2.24, 2.45) is 56.2 Å². The molecule has 2 bridgehead atoms. The van der Waals surface area contributed by atoms with E-state index < -0.39 is 6.29 Å². The maximum Gasteiger partial charge on any atom is 0.160 e. The van der Waals surface area contributed by atoms with Crippen LogP contribution in [0.4, 0.5) is 0 Å². The Morgan fingerprint density at radius 3 is 2.21 bits per heavy atom. The van der Waals surface area contributed by atoms with Crippen molar-refractivity contribution in [3.05, 3.63) is 0 Å². The quantitative estimate of drug-likeness (QED) is 0.438. The van der Waals surface area contributed by atoms with E-state index in [1.54, 1.807) is 0 Å². The number of Topliss-reactive ketones (excluding diaryl/α,β-unsaturated/α-hetero) is 1. The van der Waals surface area contributed by atoms with Crippen LogP contribution >= 0.6 is 0 Å². The summed E-state index contributed by atoms with van der Waals surface area (Å²) in [6.45, 7) is 15.8. The Hall–Kier alpha value is -0.410. The molecule has 7 aliphatic rings. The SMILES string of the molecule is C[C@H]1C(=O)CC[C@@H]2[C@]1(C)CC[C@H]1[C@@]2(C)CC[C@@]2(C)[C@@H]3C[C@]4(C)CC[C@@]3(CC[C@]12C)[C@@H](O)OC4. The molecule has 2 heterocycles. The minimum absolute atomic E-state index is 0.0348. The first kappa shape index (κ1) is 23.0. The number of carbonyl (C=O) groups excluding carboxylic acids is 1. The van der Waals surface area contributed by atoms with E-state index in [0.717, 1.165) is 38.2 Å². The van der Waals surface area contributed by atoms with E-state index in [1.165, 1.54) is 44.9 Å². The van der Waals surface area contributed by atoms with Crippen LogP contribution in [0.1, 0.15) is 112 Å². The van der Waals surface area contributed by atoms with Gasteiger partial charge in [-0.05, 0) is 109 Å². The zero-order valence-electron chi connectivity index (χ0n) is 22.1. The highest BCUT2D eigenvalue weighted by Gasteiger charge is 2.73.